The molecule has 0 radical (unpaired) electrons. The number of nitrogens with zero attached hydrogens (tertiary/aromatic N) is 3. The van der Waals surface area contributed by atoms with Crippen molar-refractivity contribution in [2.75, 3.05) is 59.6 Å². The van der Waals surface area contributed by atoms with Crippen molar-refractivity contribution >= 4 is 22.9 Å². The minimum Gasteiger partial charge on any atom is -0.486 e. The van der Waals surface area contributed by atoms with Crippen LogP contribution in [0.25, 0.3) is 0 Å². The number of thiocarbonyl (C=S) groups is 1. The van der Waals surface area contributed by atoms with Crippen molar-refractivity contribution < 1.29 is 45.5 Å². The number of piperidine rings is 1. The number of likely N-dealkylation sites (tertiary alicyclic amines) is 1. The summed E-state index contributed by atoms with van der Waals surface area (Å²) < 4.78 is 90.6. The zero-order chi connectivity index (χ0) is 31.7. The van der Waals surface area contributed by atoms with E-state index in [0.29, 0.717) is 67.0 Å². The normalized spacial score (nSPS) is 17.8. The van der Waals surface area contributed by atoms with E-state index in [1.54, 1.807) is 24.3 Å². The Hall–Kier alpha value is -2.98. The lowest BCUT2D eigenvalue weighted by Crippen LogP contribution is -2.39. The van der Waals surface area contributed by atoms with Gasteiger partial charge < -0.3 is 19.2 Å². The summed E-state index contributed by atoms with van der Waals surface area (Å²) in [5.41, 5.74) is 0.714. The summed E-state index contributed by atoms with van der Waals surface area (Å²) in [4.78, 5) is 15.7. The van der Waals surface area contributed by atoms with Crippen molar-refractivity contribution in [2.24, 2.45) is 5.16 Å². The Morgan fingerprint density at radius 1 is 0.955 bits per heavy atom. The van der Waals surface area contributed by atoms with E-state index >= 15 is 0 Å². The Kier molecular flexibility index (Phi) is 11.8. The average Bonchev–Trinajstić information content (AvgIpc) is 2.99. The fourth-order valence-corrected chi connectivity index (χ4v) is 4.71. The van der Waals surface area contributed by atoms with E-state index in [1.165, 1.54) is 0 Å². The Morgan fingerprint density at radius 2 is 1.57 bits per heavy atom. The smallest absolute Gasteiger partial charge is 0.416 e. The molecule has 4 rings (SSSR count). The maximum absolute atomic E-state index is 13.2. The molecule has 0 saturated carbocycles. The van der Waals surface area contributed by atoms with Gasteiger partial charge in [0.15, 0.2) is 0 Å². The molecule has 0 atom stereocenters. The third-order valence-corrected chi connectivity index (χ3v) is 7.29. The maximum Gasteiger partial charge on any atom is 0.416 e. The highest BCUT2D eigenvalue weighted by Crippen LogP contribution is 2.36. The van der Waals surface area contributed by atoms with Gasteiger partial charge in [0.1, 0.15) is 29.7 Å². The molecule has 2 fully saturated rings. The molecule has 2 heterocycles. The summed E-state index contributed by atoms with van der Waals surface area (Å²) in [6, 6.07) is 8.18. The molecule has 2 saturated heterocycles. The Balaban J connectivity index is 1.39. The third-order valence-electron chi connectivity index (χ3n) is 7.09. The van der Waals surface area contributed by atoms with Gasteiger partial charge in [-0.2, -0.15) is 26.3 Å². The quantitative estimate of drug-likeness (QED) is 0.153. The van der Waals surface area contributed by atoms with Crippen LogP contribution in [-0.4, -0.2) is 86.2 Å². The molecule has 2 aliphatic heterocycles. The monoisotopic (exact) mass is 648 g/mol. The van der Waals surface area contributed by atoms with Gasteiger partial charge in [0, 0.05) is 38.3 Å². The fourth-order valence-electron chi connectivity index (χ4n) is 4.61. The maximum atomic E-state index is 13.2. The van der Waals surface area contributed by atoms with Gasteiger partial charge in [-0.3, -0.25) is 15.2 Å². The van der Waals surface area contributed by atoms with Crippen molar-refractivity contribution in [1.82, 2.24) is 15.3 Å². The van der Waals surface area contributed by atoms with Crippen molar-refractivity contribution in [3.63, 3.8) is 0 Å². The van der Waals surface area contributed by atoms with E-state index in [-0.39, 0.29) is 24.3 Å². The number of morpholine rings is 1. The first-order valence-electron chi connectivity index (χ1n) is 14.0. The molecule has 1 N–H and O–H groups in total. The van der Waals surface area contributed by atoms with E-state index in [1.807, 2.05) is 0 Å². The largest absolute Gasteiger partial charge is 0.486 e. The van der Waals surface area contributed by atoms with E-state index in [4.69, 9.17) is 31.4 Å². The van der Waals surface area contributed by atoms with Crippen molar-refractivity contribution in [3.05, 3.63) is 64.7 Å². The minimum atomic E-state index is -4.95. The predicted molar refractivity (Wildman–Crippen MR) is 154 cm³/mol. The summed E-state index contributed by atoms with van der Waals surface area (Å²) in [5.74, 6) is 0.521. The number of ether oxygens (including phenoxy) is 2. The fraction of sp³-hybridized carbons (Fsp3) is 0.517. The molecule has 0 bridgehead atoms. The van der Waals surface area contributed by atoms with Crippen LogP contribution in [0.5, 0.6) is 5.75 Å². The van der Waals surface area contributed by atoms with Gasteiger partial charge in [-0.1, -0.05) is 17.4 Å². The first-order chi connectivity index (χ1) is 20.9. The van der Waals surface area contributed by atoms with Crippen LogP contribution < -0.4 is 10.2 Å². The second kappa shape index (κ2) is 15.3. The van der Waals surface area contributed by atoms with Crippen LogP contribution in [-0.2, 0) is 33.4 Å². The third kappa shape index (κ3) is 10.6. The molecule has 0 aromatic heterocycles. The summed E-state index contributed by atoms with van der Waals surface area (Å²) in [7, 11) is 2.06. The number of hydrogen-bond donors (Lipinski definition) is 1. The van der Waals surface area contributed by atoms with Gasteiger partial charge in [-0.15, -0.1) is 0 Å². The van der Waals surface area contributed by atoms with Crippen LogP contribution in [0.15, 0.2) is 47.6 Å². The topological polar surface area (TPSA) is 67.8 Å². The number of oxime groups is 1. The van der Waals surface area contributed by atoms with Crippen LogP contribution in [0, 0.1) is 0 Å². The highest BCUT2D eigenvalue weighted by molar-refractivity contribution is 7.80. The summed E-state index contributed by atoms with van der Waals surface area (Å²) in [6.45, 7) is 3.99. The van der Waals surface area contributed by atoms with Gasteiger partial charge in [-0.05, 0) is 67.9 Å². The zero-order valence-electron chi connectivity index (χ0n) is 24.0. The molecule has 0 unspecified atom stereocenters. The van der Waals surface area contributed by atoms with Crippen LogP contribution in [0.4, 0.5) is 26.3 Å². The van der Waals surface area contributed by atoms with Crippen LogP contribution in [0.2, 0.25) is 0 Å². The van der Waals surface area contributed by atoms with Crippen molar-refractivity contribution in [1.29, 1.82) is 0 Å². The van der Waals surface area contributed by atoms with Gasteiger partial charge in [0.05, 0.1) is 30.4 Å². The number of nitrogens with one attached hydrogen (secondary N) is 1. The molecule has 2 aromatic rings. The second-order valence-corrected chi connectivity index (χ2v) is 11.1. The number of benzene rings is 2. The lowest BCUT2D eigenvalue weighted by molar-refractivity contribution is -0.143. The number of alkyl halides is 6. The summed E-state index contributed by atoms with van der Waals surface area (Å²) >= 11 is 5.30. The molecule has 8 nitrogen and oxygen atoms in total. The first kappa shape index (κ1) is 33.9. The molecule has 0 amide bonds. The van der Waals surface area contributed by atoms with Gasteiger partial charge >= 0.3 is 12.4 Å². The zero-order valence-corrected chi connectivity index (χ0v) is 24.9. The lowest BCUT2D eigenvalue weighted by atomic mass is 10.1. The molecule has 0 aliphatic carbocycles. The number of hydroxylamine groups is 1. The highest BCUT2D eigenvalue weighted by atomic mass is 32.1. The van der Waals surface area contributed by atoms with Crippen LogP contribution in [0.3, 0.4) is 0 Å². The van der Waals surface area contributed by atoms with Gasteiger partial charge in [0.2, 0.25) is 0 Å². The van der Waals surface area contributed by atoms with E-state index in [0.717, 1.165) is 25.9 Å². The molecule has 0 spiro atoms. The van der Waals surface area contributed by atoms with Crippen molar-refractivity contribution in [3.8, 4) is 5.75 Å². The van der Waals surface area contributed by atoms with E-state index < -0.39 is 30.1 Å². The predicted octanol–water partition coefficient (Wildman–Crippen LogP) is 5.30. The molecule has 2 aliphatic rings. The summed E-state index contributed by atoms with van der Waals surface area (Å²) in [5, 5.41) is 4.12. The average molecular weight is 649 g/mol. The van der Waals surface area contributed by atoms with Gasteiger partial charge in [0.25, 0.3) is 0 Å². The molecule has 15 heteroatoms. The van der Waals surface area contributed by atoms with E-state index in [9.17, 15) is 26.3 Å². The van der Waals surface area contributed by atoms with Crippen LogP contribution in [0.1, 0.15) is 35.1 Å². The molecular weight excluding hydrogens is 614 g/mol. The van der Waals surface area contributed by atoms with E-state index in [2.05, 4.69) is 27.5 Å². The minimum absolute atomic E-state index is 0.0751. The number of halogens is 6. The van der Waals surface area contributed by atoms with Crippen molar-refractivity contribution in [2.45, 2.75) is 37.9 Å². The SMILES string of the molecule is CN1CCC(ONC(=S)COc2ccc(/C(CN3CCOCC3)=N/OCc3cc(C(F)(F)F)cc(C(F)(F)F)c3)cc2)CC1. The molecular formula is C29H34F6N4O4S. The van der Waals surface area contributed by atoms with Crippen LogP contribution >= 0.6 is 12.2 Å². The Labute approximate surface area is 256 Å². The van der Waals surface area contributed by atoms with Gasteiger partial charge in [-0.25, -0.2) is 0 Å². The lowest BCUT2D eigenvalue weighted by Gasteiger charge is -2.28. The number of hydrogen-bond acceptors (Lipinski definition) is 8. The standard InChI is InChI=1S/C29H34F6N4O4S/c1-38-8-6-25(7-9-38)43-37-27(44)19-41-24-4-2-21(3-5-24)26(17-39-10-12-40-13-11-39)36-42-18-20-14-22(28(30,31)32)16-23(15-20)29(33,34)35/h2-5,14-16,25H,6-13,17-19H2,1H3,(H,37,44)/b36-26+. The molecule has 242 valence electrons. The Morgan fingerprint density at radius 3 is 2.16 bits per heavy atom. The summed E-state index contributed by atoms with van der Waals surface area (Å²) in [6.07, 6.45) is -8.02. The highest BCUT2D eigenvalue weighted by Gasteiger charge is 2.37. The first-order valence-corrected chi connectivity index (χ1v) is 14.4. The Bertz CT molecular complexity index is 1230. The molecule has 2 aromatic carbocycles. The molecule has 44 heavy (non-hydrogen) atoms. The number of rotatable bonds is 11. The second-order valence-electron chi connectivity index (χ2n) is 10.6.